The predicted octanol–water partition coefficient (Wildman–Crippen LogP) is 1.10. The Morgan fingerprint density at radius 2 is 1.87 bits per heavy atom. The van der Waals surface area contributed by atoms with E-state index in [1.807, 2.05) is 0 Å². The summed E-state index contributed by atoms with van der Waals surface area (Å²) < 4.78 is 4.45. The third-order valence-corrected chi connectivity index (χ3v) is 3.02. The molecule has 0 unspecified atom stereocenters. The van der Waals surface area contributed by atoms with Crippen LogP contribution in [-0.2, 0) is 14.3 Å². The normalized spacial score (nSPS) is 25.7. The van der Waals surface area contributed by atoms with Gasteiger partial charge in [0.25, 0.3) is 0 Å². The zero-order valence-electron chi connectivity index (χ0n) is 9.41. The molecule has 1 amide bonds. The van der Waals surface area contributed by atoms with E-state index in [4.69, 9.17) is 0 Å². The Hall–Kier alpha value is -1.06. The van der Waals surface area contributed by atoms with Gasteiger partial charge in [0.1, 0.15) is 6.54 Å². The van der Waals surface area contributed by atoms with E-state index in [0.29, 0.717) is 0 Å². The molecule has 4 heteroatoms. The van der Waals surface area contributed by atoms with E-state index in [9.17, 15) is 9.59 Å². The summed E-state index contributed by atoms with van der Waals surface area (Å²) in [7, 11) is 1.32. The van der Waals surface area contributed by atoms with Crippen LogP contribution in [0.4, 0.5) is 0 Å². The summed E-state index contributed by atoms with van der Waals surface area (Å²) in [5, 5.41) is 2.60. The Morgan fingerprint density at radius 3 is 2.40 bits per heavy atom. The van der Waals surface area contributed by atoms with Crippen LogP contribution in [0.1, 0.15) is 32.6 Å². The Kier molecular flexibility index (Phi) is 4.59. The second-order valence-electron chi connectivity index (χ2n) is 4.25. The second kappa shape index (κ2) is 5.73. The molecule has 15 heavy (non-hydrogen) atoms. The minimum Gasteiger partial charge on any atom is -0.468 e. The van der Waals surface area contributed by atoms with Crippen molar-refractivity contribution >= 4 is 11.9 Å². The van der Waals surface area contributed by atoms with Gasteiger partial charge in [-0.2, -0.15) is 0 Å². The molecule has 0 saturated heterocycles. The molecule has 86 valence electrons. The molecule has 0 aliphatic heterocycles. The average Bonchev–Trinajstić information content (AvgIpc) is 2.26. The molecule has 1 fully saturated rings. The fraction of sp³-hybridized carbons (Fsp3) is 0.818. The molecule has 1 aliphatic carbocycles. The van der Waals surface area contributed by atoms with Gasteiger partial charge in [-0.05, 0) is 31.6 Å². The van der Waals surface area contributed by atoms with Crippen LogP contribution in [0.3, 0.4) is 0 Å². The van der Waals surface area contributed by atoms with Crippen molar-refractivity contribution in [3.63, 3.8) is 0 Å². The van der Waals surface area contributed by atoms with E-state index in [-0.39, 0.29) is 18.4 Å². The van der Waals surface area contributed by atoms with Crippen molar-refractivity contribution in [2.24, 2.45) is 11.8 Å². The lowest BCUT2D eigenvalue weighted by atomic mass is 9.82. The molecule has 0 heterocycles. The Morgan fingerprint density at radius 1 is 1.27 bits per heavy atom. The molecule has 1 N–H and O–H groups in total. The summed E-state index contributed by atoms with van der Waals surface area (Å²) in [5.41, 5.74) is 0. The van der Waals surface area contributed by atoms with Crippen LogP contribution < -0.4 is 5.32 Å². The molecule has 0 atom stereocenters. The van der Waals surface area contributed by atoms with Crippen molar-refractivity contribution in [3.05, 3.63) is 0 Å². The maximum atomic E-state index is 11.6. The second-order valence-corrected chi connectivity index (χ2v) is 4.25. The lowest BCUT2D eigenvalue weighted by molar-refractivity contribution is -0.141. The molecule has 4 nitrogen and oxygen atoms in total. The number of ether oxygens (including phenoxy) is 1. The number of amides is 1. The quantitative estimate of drug-likeness (QED) is 0.714. The van der Waals surface area contributed by atoms with Gasteiger partial charge in [-0.3, -0.25) is 9.59 Å². The first kappa shape index (κ1) is 12.0. The van der Waals surface area contributed by atoms with E-state index in [1.165, 1.54) is 7.11 Å². The van der Waals surface area contributed by atoms with Crippen LogP contribution in [0, 0.1) is 11.8 Å². The largest absolute Gasteiger partial charge is 0.468 e. The maximum absolute atomic E-state index is 11.6. The third kappa shape index (κ3) is 3.90. The number of hydrogen-bond acceptors (Lipinski definition) is 3. The van der Waals surface area contributed by atoms with E-state index >= 15 is 0 Å². The SMILES string of the molecule is COC(=O)CNC(=O)C1CCC(C)CC1. The monoisotopic (exact) mass is 213 g/mol. The summed E-state index contributed by atoms with van der Waals surface area (Å²) in [5.74, 6) is 0.417. The highest BCUT2D eigenvalue weighted by atomic mass is 16.5. The Labute approximate surface area is 90.4 Å². The summed E-state index contributed by atoms with van der Waals surface area (Å²) in [4.78, 5) is 22.4. The van der Waals surface area contributed by atoms with Gasteiger partial charge < -0.3 is 10.1 Å². The number of rotatable bonds is 3. The lowest BCUT2D eigenvalue weighted by Gasteiger charge is -2.24. The fourth-order valence-electron chi connectivity index (χ4n) is 1.90. The van der Waals surface area contributed by atoms with Crippen LogP contribution in [0.5, 0.6) is 0 Å². The Balaban J connectivity index is 2.25. The van der Waals surface area contributed by atoms with Gasteiger partial charge in [0.2, 0.25) is 5.91 Å². The van der Waals surface area contributed by atoms with Gasteiger partial charge >= 0.3 is 5.97 Å². The molecular weight excluding hydrogens is 194 g/mol. The van der Waals surface area contributed by atoms with Gasteiger partial charge in [-0.25, -0.2) is 0 Å². The van der Waals surface area contributed by atoms with Crippen LogP contribution >= 0.6 is 0 Å². The van der Waals surface area contributed by atoms with E-state index in [1.54, 1.807) is 0 Å². The smallest absolute Gasteiger partial charge is 0.325 e. The van der Waals surface area contributed by atoms with Gasteiger partial charge in [-0.15, -0.1) is 0 Å². The van der Waals surface area contributed by atoms with E-state index < -0.39 is 5.97 Å². The molecule has 0 aromatic carbocycles. The molecule has 1 rings (SSSR count). The van der Waals surface area contributed by atoms with E-state index in [2.05, 4.69) is 17.0 Å². The van der Waals surface area contributed by atoms with Crippen molar-refractivity contribution in [2.75, 3.05) is 13.7 Å². The molecule has 0 aromatic rings. The van der Waals surface area contributed by atoms with Gasteiger partial charge in [0.15, 0.2) is 0 Å². The summed E-state index contributed by atoms with van der Waals surface area (Å²) >= 11 is 0. The minimum atomic E-state index is -0.396. The highest BCUT2D eigenvalue weighted by Crippen LogP contribution is 2.28. The summed E-state index contributed by atoms with van der Waals surface area (Å²) in [6.45, 7) is 2.20. The number of esters is 1. The number of carbonyl (C=O) groups excluding carboxylic acids is 2. The average molecular weight is 213 g/mol. The topological polar surface area (TPSA) is 55.4 Å². The third-order valence-electron chi connectivity index (χ3n) is 3.02. The molecule has 0 radical (unpaired) electrons. The van der Waals surface area contributed by atoms with Gasteiger partial charge in [0.05, 0.1) is 7.11 Å². The first-order valence-corrected chi connectivity index (χ1v) is 5.48. The van der Waals surface area contributed by atoms with Crippen LogP contribution in [0.15, 0.2) is 0 Å². The highest BCUT2D eigenvalue weighted by Gasteiger charge is 2.24. The molecule has 0 bridgehead atoms. The maximum Gasteiger partial charge on any atom is 0.325 e. The zero-order chi connectivity index (χ0) is 11.3. The van der Waals surface area contributed by atoms with Crippen molar-refractivity contribution < 1.29 is 14.3 Å². The number of methoxy groups -OCH3 is 1. The summed E-state index contributed by atoms with van der Waals surface area (Å²) in [6, 6.07) is 0. The number of carbonyl (C=O) groups is 2. The van der Waals surface area contributed by atoms with E-state index in [0.717, 1.165) is 31.6 Å². The number of nitrogens with one attached hydrogen (secondary N) is 1. The van der Waals surface area contributed by atoms with Crippen molar-refractivity contribution in [3.8, 4) is 0 Å². The Bertz CT molecular complexity index is 232. The van der Waals surface area contributed by atoms with Crippen molar-refractivity contribution in [1.29, 1.82) is 0 Å². The minimum absolute atomic E-state index is 0.00713. The molecule has 1 saturated carbocycles. The summed E-state index contributed by atoms with van der Waals surface area (Å²) in [6.07, 6.45) is 4.09. The first-order valence-electron chi connectivity index (χ1n) is 5.48. The molecule has 0 spiro atoms. The molecule has 0 aromatic heterocycles. The standard InChI is InChI=1S/C11H19NO3/c1-8-3-5-9(6-4-8)11(14)12-7-10(13)15-2/h8-9H,3-7H2,1-2H3,(H,12,14). The van der Waals surface area contributed by atoms with Crippen LogP contribution in [0.2, 0.25) is 0 Å². The van der Waals surface area contributed by atoms with Gasteiger partial charge in [0, 0.05) is 5.92 Å². The molecular formula is C11H19NO3. The van der Waals surface area contributed by atoms with Crippen molar-refractivity contribution in [1.82, 2.24) is 5.32 Å². The fourth-order valence-corrected chi connectivity index (χ4v) is 1.90. The molecule has 1 aliphatic rings. The zero-order valence-corrected chi connectivity index (χ0v) is 9.41. The predicted molar refractivity (Wildman–Crippen MR) is 56.1 cm³/mol. The van der Waals surface area contributed by atoms with Crippen molar-refractivity contribution in [2.45, 2.75) is 32.6 Å². The lowest BCUT2D eigenvalue weighted by Crippen LogP contribution is -2.36. The van der Waals surface area contributed by atoms with Crippen LogP contribution in [-0.4, -0.2) is 25.5 Å². The van der Waals surface area contributed by atoms with Crippen LogP contribution in [0.25, 0.3) is 0 Å². The van der Waals surface area contributed by atoms with Gasteiger partial charge in [-0.1, -0.05) is 6.92 Å². The highest BCUT2D eigenvalue weighted by molar-refractivity contribution is 5.83. The first-order chi connectivity index (χ1) is 7.13. The number of hydrogen-bond donors (Lipinski definition) is 1.